The molecule has 0 fully saturated rings. The molecule has 0 radical (unpaired) electrons. The first kappa shape index (κ1) is 43.3. The number of likely N-dealkylation sites (N-methyl/N-ethyl adjacent to an activating group) is 1. The van der Waals surface area contributed by atoms with Gasteiger partial charge in [-0.2, -0.15) is 0 Å². The fraction of sp³-hybridized carbons (Fsp3) is 0.711. The summed E-state index contributed by atoms with van der Waals surface area (Å²) in [6.07, 6.45) is 31.4. The molecule has 8 heteroatoms. The van der Waals surface area contributed by atoms with E-state index in [0.717, 1.165) is 57.8 Å². The van der Waals surface area contributed by atoms with E-state index in [1.165, 1.54) is 25.7 Å². The Bertz CT molecular complexity index is 901. The number of allylic oxidation sites excluding steroid dienone is 8. The zero-order chi connectivity index (χ0) is 34.3. The summed E-state index contributed by atoms with van der Waals surface area (Å²) < 4.78 is 17.0. The zero-order valence-corrected chi connectivity index (χ0v) is 29.7. The maximum absolute atomic E-state index is 12.6. The SMILES string of the molecule is CCCC/C=C/C=C/CCCCCC(=O)OCC(COCCC(C(=O)[O-])[N+](C)(C)C)OC(=O)CCCCC/C=C/C=C/CCCC. The molecular formula is C38H65NO7. The van der Waals surface area contributed by atoms with Crippen molar-refractivity contribution in [1.29, 1.82) is 0 Å². The van der Waals surface area contributed by atoms with Crippen LogP contribution < -0.4 is 5.11 Å². The third-order valence-corrected chi connectivity index (χ3v) is 7.49. The molecule has 0 spiro atoms. The summed E-state index contributed by atoms with van der Waals surface area (Å²) in [5, 5.41) is 11.5. The number of aliphatic carboxylic acids is 1. The second kappa shape index (κ2) is 29.7. The van der Waals surface area contributed by atoms with E-state index in [1.54, 1.807) is 21.1 Å². The van der Waals surface area contributed by atoms with Gasteiger partial charge in [-0.15, -0.1) is 0 Å². The van der Waals surface area contributed by atoms with Crippen LogP contribution in [-0.2, 0) is 28.6 Å². The molecule has 0 aromatic carbocycles. The van der Waals surface area contributed by atoms with Crippen LogP contribution in [0.1, 0.15) is 123 Å². The van der Waals surface area contributed by atoms with Crippen molar-refractivity contribution in [2.75, 3.05) is 41.0 Å². The smallest absolute Gasteiger partial charge is 0.306 e. The van der Waals surface area contributed by atoms with Gasteiger partial charge in [0.25, 0.3) is 0 Å². The van der Waals surface area contributed by atoms with Gasteiger partial charge in [0.05, 0.1) is 40.3 Å². The molecule has 0 saturated heterocycles. The highest BCUT2D eigenvalue weighted by Crippen LogP contribution is 2.11. The molecule has 0 aliphatic heterocycles. The molecule has 2 unspecified atom stereocenters. The third kappa shape index (κ3) is 27.6. The Morgan fingerprint density at radius 1 is 0.652 bits per heavy atom. The van der Waals surface area contributed by atoms with Gasteiger partial charge in [0.15, 0.2) is 6.10 Å². The van der Waals surface area contributed by atoms with Crippen molar-refractivity contribution in [3.05, 3.63) is 48.6 Å². The van der Waals surface area contributed by atoms with Crippen molar-refractivity contribution < 1.29 is 38.2 Å². The number of carboxylic acid groups (broad SMARTS) is 1. The molecule has 264 valence electrons. The molecule has 0 aromatic heterocycles. The standard InChI is InChI=1S/C38H65NO7/c1-6-8-10-12-14-16-18-20-22-24-26-28-36(40)45-33-34(32-44-31-30-35(38(42)43)39(3,4)5)46-37(41)29-27-25-23-21-19-17-15-13-11-9-7-2/h12-19,34-35H,6-11,20-33H2,1-5H3/b14-12+,15-13+,18-16+,19-17+. The lowest BCUT2D eigenvalue weighted by molar-refractivity contribution is -0.889. The number of quaternary nitrogens is 1. The Morgan fingerprint density at radius 2 is 1.13 bits per heavy atom. The van der Waals surface area contributed by atoms with Crippen LogP contribution >= 0.6 is 0 Å². The normalized spacial score (nSPS) is 13.7. The van der Waals surface area contributed by atoms with E-state index in [9.17, 15) is 19.5 Å². The van der Waals surface area contributed by atoms with E-state index in [4.69, 9.17) is 14.2 Å². The minimum Gasteiger partial charge on any atom is -0.544 e. The number of ether oxygens (including phenoxy) is 3. The van der Waals surface area contributed by atoms with Gasteiger partial charge in [0, 0.05) is 19.3 Å². The fourth-order valence-corrected chi connectivity index (χ4v) is 4.61. The molecule has 0 saturated carbocycles. The Hall–Kier alpha value is -2.71. The van der Waals surface area contributed by atoms with Crippen molar-refractivity contribution in [2.24, 2.45) is 0 Å². The Labute approximate surface area is 280 Å². The highest BCUT2D eigenvalue weighted by Gasteiger charge is 2.25. The predicted molar refractivity (Wildman–Crippen MR) is 185 cm³/mol. The lowest BCUT2D eigenvalue weighted by Crippen LogP contribution is -2.55. The van der Waals surface area contributed by atoms with Crippen molar-refractivity contribution in [1.82, 2.24) is 0 Å². The fourth-order valence-electron chi connectivity index (χ4n) is 4.61. The molecular weight excluding hydrogens is 582 g/mol. The minimum absolute atomic E-state index is 0.0196. The Morgan fingerprint density at radius 3 is 1.59 bits per heavy atom. The van der Waals surface area contributed by atoms with Crippen LogP contribution in [0.5, 0.6) is 0 Å². The van der Waals surface area contributed by atoms with Gasteiger partial charge in [-0.1, -0.05) is 101 Å². The monoisotopic (exact) mass is 647 g/mol. The molecule has 2 atom stereocenters. The molecule has 0 heterocycles. The average molecular weight is 648 g/mol. The summed E-state index contributed by atoms with van der Waals surface area (Å²) in [4.78, 5) is 36.5. The molecule has 0 N–H and O–H groups in total. The number of carboxylic acids is 1. The number of hydrogen-bond acceptors (Lipinski definition) is 7. The second-order valence-electron chi connectivity index (χ2n) is 12.8. The molecule has 0 aliphatic rings. The Balaban J connectivity index is 4.57. The highest BCUT2D eigenvalue weighted by molar-refractivity contribution is 5.70. The van der Waals surface area contributed by atoms with Gasteiger partial charge in [0.2, 0.25) is 0 Å². The van der Waals surface area contributed by atoms with E-state index in [-0.39, 0.29) is 49.1 Å². The molecule has 46 heavy (non-hydrogen) atoms. The summed E-state index contributed by atoms with van der Waals surface area (Å²) >= 11 is 0. The van der Waals surface area contributed by atoms with Gasteiger partial charge in [-0.25, -0.2) is 0 Å². The lowest BCUT2D eigenvalue weighted by atomic mass is 10.1. The Kier molecular flexibility index (Phi) is 27.9. The van der Waals surface area contributed by atoms with Gasteiger partial charge in [-0.3, -0.25) is 9.59 Å². The number of unbranched alkanes of at least 4 members (excludes halogenated alkanes) is 10. The lowest BCUT2D eigenvalue weighted by Gasteiger charge is -2.34. The van der Waals surface area contributed by atoms with Gasteiger partial charge in [0.1, 0.15) is 12.6 Å². The van der Waals surface area contributed by atoms with E-state index >= 15 is 0 Å². The second-order valence-corrected chi connectivity index (χ2v) is 12.8. The summed E-state index contributed by atoms with van der Waals surface area (Å²) in [6, 6.07) is -0.733. The van der Waals surface area contributed by atoms with Gasteiger partial charge in [-0.05, 0) is 51.4 Å². The number of esters is 2. The van der Waals surface area contributed by atoms with E-state index in [2.05, 4.69) is 62.5 Å². The largest absolute Gasteiger partial charge is 0.544 e. The third-order valence-electron chi connectivity index (χ3n) is 7.49. The van der Waals surface area contributed by atoms with Crippen LogP contribution in [0.15, 0.2) is 48.6 Å². The summed E-state index contributed by atoms with van der Waals surface area (Å²) in [5.74, 6) is -1.82. The van der Waals surface area contributed by atoms with Gasteiger partial charge < -0.3 is 28.6 Å². The van der Waals surface area contributed by atoms with E-state index in [0.29, 0.717) is 12.8 Å². The minimum atomic E-state index is -1.14. The number of hydrogen-bond donors (Lipinski definition) is 0. The van der Waals surface area contributed by atoms with Crippen LogP contribution in [0.4, 0.5) is 0 Å². The summed E-state index contributed by atoms with van der Waals surface area (Å²) in [5.41, 5.74) is 0. The quantitative estimate of drug-likeness (QED) is 0.0352. The molecule has 0 rings (SSSR count). The maximum atomic E-state index is 12.6. The zero-order valence-electron chi connectivity index (χ0n) is 29.7. The number of carbonyl (C=O) groups excluding carboxylic acids is 3. The summed E-state index contributed by atoms with van der Waals surface area (Å²) in [6.45, 7) is 4.46. The summed E-state index contributed by atoms with van der Waals surface area (Å²) in [7, 11) is 5.36. The van der Waals surface area contributed by atoms with E-state index in [1.807, 2.05) is 0 Å². The first-order valence-corrected chi connectivity index (χ1v) is 17.7. The van der Waals surface area contributed by atoms with Crippen molar-refractivity contribution in [3.63, 3.8) is 0 Å². The van der Waals surface area contributed by atoms with Crippen LogP contribution in [0.3, 0.4) is 0 Å². The average Bonchev–Trinajstić information content (AvgIpc) is 3.00. The highest BCUT2D eigenvalue weighted by atomic mass is 16.6. The number of carbonyl (C=O) groups is 3. The predicted octanol–water partition coefficient (Wildman–Crippen LogP) is 7.18. The topological polar surface area (TPSA) is 102 Å². The number of nitrogens with zero attached hydrogens (tertiary/aromatic N) is 1. The molecule has 0 amide bonds. The maximum Gasteiger partial charge on any atom is 0.306 e. The van der Waals surface area contributed by atoms with Crippen molar-refractivity contribution in [3.8, 4) is 0 Å². The molecule has 0 bridgehead atoms. The molecule has 0 aromatic rings. The van der Waals surface area contributed by atoms with Crippen LogP contribution in [0, 0.1) is 0 Å². The van der Waals surface area contributed by atoms with Crippen LogP contribution in [-0.4, -0.2) is 75.5 Å². The van der Waals surface area contributed by atoms with E-state index < -0.39 is 18.1 Å². The first-order valence-electron chi connectivity index (χ1n) is 17.7. The number of rotatable bonds is 30. The van der Waals surface area contributed by atoms with Gasteiger partial charge >= 0.3 is 11.9 Å². The van der Waals surface area contributed by atoms with Crippen molar-refractivity contribution >= 4 is 17.9 Å². The van der Waals surface area contributed by atoms with Crippen LogP contribution in [0.2, 0.25) is 0 Å². The van der Waals surface area contributed by atoms with Crippen LogP contribution in [0.25, 0.3) is 0 Å². The molecule has 8 nitrogen and oxygen atoms in total. The molecule has 0 aliphatic carbocycles. The van der Waals surface area contributed by atoms with Crippen molar-refractivity contribution in [2.45, 2.75) is 135 Å². The first-order chi connectivity index (χ1) is 22.1.